The largest absolute Gasteiger partial charge is 3.00 e. The fourth-order valence-corrected chi connectivity index (χ4v) is 0. The summed E-state index contributed by atoms with van der Waals surface area (Å²) < 4.78 is 29.9. The maximum atomic E-state index is 9.95. The molecule has 0 aromatic heterocycles. The average Bonchev–Trinajstić information content (AvgIpc) is 1.54. The minimum absolute atomic E-state index is 0. The molecule has 0 amide bonds. The van der Waals surface area contributed by atoms with Crippen molar-refractivity contribution in [3.05, 3.63) is 0 Å². The van der Waals surface area contributed by atoms with E-state index in [4.69, 9.17) is 29.4 Å². The summed E-state index contributed by atoms with van der Waals surface area (Å²) in [6.07, 6.45) is 0. The van der Waals surface area contributed by atoms with Gasteiger partial charge in [-0.05, 0) is 0 Å². The molecule has 0 aliphatic rings. The molecule has 6 nitrogen and oxygen atoms in total. The molecule has 0 aromatic carbocycles. The van der Waals surface area contributed by atoms with Gasteiger partial charge in [-0.25, -0.2) is 0 Å². The smallest absolute Gasteiger partial charge is 0.816 e. The van der Waals surface area contributed by atoms with Crippen LogP contribution in [0.5, 0.6) is 0 Å². The van der Waals surface area contributed by atoms with Crippen LogP contribution in [0.1, 0.15) is 0 Å². The van der Waals surface area contributed by atoms with Gasteiger partial charge in [0.15, 0.2) is 0 Å². The number of rotatable bonds is 0. The third kappa shape index (κ3) is 638. The zero-order valence-electron chi connectivity index (χ0n) is 5.74. The summed E-state index contributed by atoms with van der Waals surface area (Å²) in [6, 6.07) is 0. The number of halogens is 3. The van der Waals surface area contributed by atoms with Crippen LogP contribution in [0.4, 0.5) is 12.6 Å². The van der Waals surface area contributed by atoms with Gasteiger partial charge in [-0.3, -0.25) is 12.6 Å². The zero-order valence-corrected chi connectivity index (χ0v) is 11.0. The first-order chi connectivity index (χ1) is 5.20. The Hall–Kier alpha value is 1.90. The quantitative estimate of drug-likeness (QED) is 0.420. The van der Waals surface area contributed by atoms with Gasteiger partial charge in [0, 0.05) is 0 Å². The number of hydrogen-bond donors (Lipinski definition) is 0. The Kier molecular flexibility index (Phi) is 51.4. The van der Waals surface area contributed by atoms with Gasteiger partial charge in [0.1, 0.15) is 0 Å². The van der Waals surface area contributed by atoms with Crippen molar-refractivity contribution in [3.8, 4) is 0 Å². The Morgan fingerprint density at radius 1 is 0.500 bits per heavy atom. The third-order valence-corrected chi connectivity index (χ3v) is 0. The van der Waals surface area contributed by atoms with Gasteiger partial charge in [0.05, 0.1) is 0 Å². The summed E-state index contributed by atoms with van der Waals surface area (Å²) in [5.74, 6) is 0. The fourth-order valence-electron chi connectivity index (χ4n) is 0. The van der Waals surface area contributed by atoms with Crippen LogP contribution in [-0.4, -0.2) is 0 Å². The molecule has 0 saturated carbocycles. The van der Waals surface area contributed by atoms with Crippen molar-refractivity contribution in [2.45, 2.75) is 0 Å². The van der Waals surface area contributed by atoms with Crippen molar-refractivity contribution in [3.63, 3.8) is 0 Å². The maximum Gasteiger partial charge on any atom is 3.00 e. The molecule has 0 saturated heterocycles. The molecule has 0 spiro atoms. The van der Waals surface area contributed by atoms with E-state index in [9.17, 15) is 12.6 Å². The van der Waals surface area contributed by atoms with E-state index in [1.807, 2.05) is 0 Å². The first-order valence-electron chi connectivity index (χ1n) is 1.60. The standard InChI is InChI=1S/2Cr.3FO2P/c;;3*1-4(2)3/q2*+3;3*-2. The van der Waals surface area contributed by atoms with Crippen LogP contribution in [0.2, 0.25) is 0 Å². The molecule has 0 bridgehead atoms. The molecule has 0 rings (SSSR count). The minimum atomic E-state index is -3.62. The molecule has 0 heterocycles. The van der Waals surface area contributed by atoms with Gasteiger partial charge in [0.25, 0.3) is 0 Å². The van der Waals surface area contributed by atoms with Crippen LogP contribution in [0.25, 0.3) is 0 Å². The Balaban J connectivity index is -0.0000000270. The van der Waals surface area contributed by atoms with E-state index in [-0.39, 0.29) is 34.7 Å². The first-order valence-corrected chi connectivity index (χ1v) is 4.81. The van der Waals surface area contributed by atoms with E-state index in [0.29, 0.717) is 0 Å². The molecule has 0 unspecified atom stereocenters. The molecular weight excluding hydrogens is 350 g/mol. The average molecular weight is 350 g/mol. The second-order valence-corrected chi connectivity index (χ2v) is 1.91. The summed E-state index contributed by atoms with van der Waals surface area (Å²) in [5, 5.41) is 0. The van der Waals surface area contributed by atoms with Crippen LogP contribution in [-0.2, 0) is 34.7 Å². The van der Waals surface area contributed by atoms with E-state index < -0.39 is 26.1 Å². The molecule has 14 heteroatoms. The normalized spacial score (nSPS) is 7.71. The van der Waals surface area contributed by atoms with E-state index in [1.54, 1.807) is 0 Å². The Bertz CT molecular complexity index is 54.8. The van der Waals surface area contributed by atoms with Crippen LogP contribution in [0.3, 0.4) is 0 Å². The molecule has 0 aromatic rings. The topological polar surface area (TPSA) is 138 Å². The van der Waals surface area contributed by atoms with Crippen LogP contribution >= 0.6 is 26.1 Å². The first kappa shape index (κ1) is 29.7. The SMILES string of the molecule is [Cr+3].[Cr+3].[O-]P([O-])F.[O-]P([O-])F.[O-]P([O-])F. The Labute approximate surface area is 103 Å². The van der Waals surface area contributed by atoms with Gasteiger partial charge in [-0.2, -0.15) is 0 Å². The van der Waals surface area contributed by atoms with Crippen molar-refractivity contribution >= 4 is 26.1 Å². The second-order valence-electron chi connectivity index (χ2n) is 0.638. The van der Waals surface area contributed by atoms with Crippen molar-refractivity contribution in [2.75, 3.05) is 0 Å². The van der Waals surface area contributed by atoms with E-state index in [2.05, 4.69) is 0 Å². The van der Waals surface area contributed by atoms with Gasteiger partial charge >= 0.3 is 34.7 Å². The second kappa shape index (κ2) is 24.2. The molecule has 2 radical (unpaired) electrons. The van der Waals surface area contributed by atoms with Gasteiger partial charge < -0.3 is 29.4 Å². The minimum Gasteiger partial charge on any atom is -0.816 e. The molecule has 0 fully saturated rings. The molecule has 84 valence electrons. The third-order valence-electron chi connectivity index (χ3n) is 0. The van der Waals surface area contributed by atoms with Crippen molar-refractivity contribution in [1.82, 2.24) is 0 Å². The molecule has 0 aliphatic heterocycles. The number of hydrogen-bond acceptors (Lipinski definition) is 6. The molecule has 0 aliphatic carbocycles. The monoisotopic (exact) mass is 350 g/mol. The van der Waals surface area contributed by atoms with Gasteiger partial charge in [0.2, 0.25) is 0 Å². The van der Waals surface area contributed by atoms with Crippen LogP contribution in [0.15, 0.2) is 0 Å². The summed E-state index contributed by atoms with van der Waals surface area (Å²) in [7, 11) is -10.9. The maximum absolute atomic E-state index is 9.95. The molecular formula is Cr2F3O6P3. The Morgan fingerprint density at radius 2 is 0.500 bits per heavy atom. The summed E-state index contributed by atoms with van der Waals surface area (Å²) in [5.41, 5.74) is 0. The molecule has 14 heavy (non-hydrogen) atoms. The molecule has 0 N–H and O–H groups in total. The predicted octanol–water partition coefficient (Wildman–Crippen LogP) is -3.29. The Morgan fingerprint density at radius 3 is 0.500 bits per heavy atom. The van der Waals surface area contributed by atoms with Crippen molar-refractivity contribution in [2.24, 2.45) is 0 Å². The van der Waals surface area contributed by atoms with Crippen molar-refractivity contribution in [1.29, 1.82) is 0 Å². The van der Waals surface area contributed by atoms with Crippen molar-refractivity contribution < 1.29 is 76.7 Å². The van der Waals surface area contributed by atoms with Crippen LogP contribution in [0, 0.1) is 0 Å². The fraction of sp³-hybridized carbons (Fsp3) is 0. The van der Waals surface area contributed by atoms with Gasteiger partial charge in [-0.1, -0.05) is 0 Å². The van der Waals surface area contributed by atoms with E-state index >= 15 is 0 Å². The van der Waals surface area contributed by atoms with E-state index in [1.165, 1.54) is 0 Å². The summed E-state index contributed by atoms with van der Waals surface area (Å²) in [4.78, 5) is 50.2. The van der Waals surface area contributed by atoms with E-state index in [0.717, 1.165) is 0 Å². The molecule has 0 atom stereocenters. The predicted molar refractivity (Wildman–Crippen MR) is 24.1 cm³/mol. The summed E-state index contributed by atoms with van der Waals surface area (Å²) >= 11 is 0. The zero-order chi connectivity index (χ0) is 10.7. The summed E-state index contributed by atoms with van der Waals surface area (Å²) in [6.45, 7) is 0. The van der Waals surface area contributed by atoms with Crippen LogP contribution < -0.4 is 29.4 Å². The van der Waals surface area contributed by atoms with Gasteiger partial charge in [-0.15, -0.1) is 26.1 Å².